The number of nitrogens with zero attached hydrogens (tertiary/aromatic N) is 4. The van der Waals surface area contributed by atoms with Crippen LogP contribution in [0.15, 0.2) is 67.0 Å². The van der Waals surface area contributed by atoms with Crippen molar-refractivity contribution in [1.82, 2.24) is 19.8 Å². The van der Waals surface area contributed by atoms with Gasteiger partial charge in [0.1, 0.15) is 5.82 Å². The van der Waals surface area contributed by atoms with Gasteiger partial charge in [-0.25, -0.2) is 14.4 Å². The van der Waals surface area contributed by atoms with Crippen LogP contribution in [0.4, 0.5) is 16.0 Å². The number of hydrogen-bond donors (Lipinski definition) is 1. The Kier molecular flexibility index (Phi) is 5.76. The van der Waals surface area contributed by atoms with Crippen LogP contribution in [0.5, 0.6) is 0 Å². The highest BCUT2D eigenvalue weighted by Gasteiger charge is 2.22. The zero-order chi connectivity index (χ0) is 20.1. The molecule has 0 bridgehead atoms. The fourth-order valence-electron chi connectivity index (χ4n) is 3.30. The number of piperazine rings is 1. The van der Waals surface area contributed by atoms with Crippen molar-refractivity contribution in [2.75, 3.05) is 31.5 Å². The molecule has 0 aliphatic carbocycles. The molecule has 7 heteroatoms. The number of halogens is 1. The molecule has 1 N–H and O–H groups in total. The molecule has 1 aromatic heterocycles. The van der Waals surface area contributed by atoms with Crippen molar-refractivity contribution in [2.24, 2.45) is 0 Å². The summed E-state index contributed by atoms with van der Waals surface area (Å²) in [6.07, 6.45) is 3.05. The van der Waals surface area contributed by atoms with E-state index in [-0.39, 0.29) is 11.7 Å². The number of nitrogens with one attached hydrogen (secondary N) is 1. The Bertz CT molecular complexity index is 939. The first-order chi connectivity index (χ1) is 14.2. The average Bonchev–Trinajstić information content (AvgIpc) is 2.77. The Hall–Kier alpha value is -3.32. The molecule has 148 valence electrons. The van der Waals surface area contributed by atoms with E-state index in [2.05, 4.69) is 32.3 Å². The van der Waals surface area contributed by atoms with Crippen LogP contribution in [0.3, 0.4) is 0 Å². The van der Waals surface area contributed by atoms with Crippen LogP contribution in [0.1, 0.15) is 15.9 Å². The molecule has 0 atom stereocenters. The predicted octanol–water partition coefficient (Wildman–Crippen LogP) is 3.32. The minimum Gasteiger partial charge on any atom is -0.336 e. The van der Waals surface area contributed by atoms with Crippen LogP contribution in [-0.4, -0.2) is 51.9 Å². The Morgan fingerprint density at radius 2 is 1.59 bits per heavy atom. The lowest BCUT2D eigenvalue weighted by Gasteiger charge is -2.34. The van der Waals surface area contributed by atoms with Gasteiger partial charge < -0.3 is 10.2 Å². The Morgan fingerprint density at radius 3 is 2.24 bits per heavy atom. The number of carbonyl (C=O) groups excluding carboxylic acids is 1. The molecular weight excluding hydrogens is 369 g/mol. The number of amides is 1. The van der Waals surface area contributed by atoms with Crippen molar-refractivity contribution < 1.29 is 9.18 Å². The first kappa shape index (κ1) is 19.0. The Balaban J connectivity index is 1.31. The summed E-state index contributed by atoms with van der Waals surface area (Å²) in [7, 11) is 0. The summed E-state index contributed by atoms with van der Waals surface area (Å²) < 4.78 is 13.0. The minimum atomic E-state index is -0.304. The van der Waals surface area contributed by atoms with Gasteiger partial charge in [0, 0.05) is 50.8 Å². The van der Waals surface area contributed by atoms with Crippen molar-refractivity contribution in [2.45, 2.75) is 6.54 Å². The van der Waals surface area contributed by atoms with Gasteiger partial charge in [0.25, 0.3) is 5.91 Å². The number of benzene rings is 2. The normalized spacial score (nSPS) is 14.6. The molecule has 0 unspecified atom stereocenters. The summed E-state index contributed by atoms with van der Waals surface area (Å²) in [6, 6.07) is 16.3. The summed E-state index contributed by atoms with van der Waals surface area (Å²) in [6.45, 7) is 3.94. The lowest BCUT2D eigenvalue weighted by Crippen LogP contribution is -2.48. The Labute approximate surface area is 169 Å². The van der Waals surface area contributed by atoms with Gasteiger partial charge in [0.05, 0.1) is 5.56 Å². The fraction of sp³-hybridized carbons (Fsp3) is 0.227. The van der Waals surface area contributed by atoms with Gasteiger partial charge in [-0.15, -0.1) is 0 Å². The maximum absolute atomic E-state index is 13.0. The lowest BCUT2D eigenvalue weighted by atomic mass is 10.2. The quantitative estimate of drug-likeness (QED) is 0.723. The van der Waals surface area contributed by atoms with Gasteiger partial charge in [-0.05, 0) is 29.8 Å². The molecule has 6 nitrogen and oxygen atoms in total. The van der Waals surface area contributed by atoms with E-state index in [1.54, 1.807) is 12.1 Å². The van der Waals surface area contributed by atoms with Crippen LogP contribution in [0.2, 0.25) is 0 Å². The van der Waals surface area contributed by atoms with E-state index in [4.69, 9.17) is 0 Å². The van der Waals surface area contributed by atoms with Crippen LogP contribution < -0.4 is 5.32 Å². The first-order valence-corrected chi connectivity index (χ1v) is 9.57. The molecule has 0 saturated carbocycles. The van der Waals surface area contributed by atoms with Crippen LogP contribution in [0.25, 0.3) is 0 Å². The van der Waals surface area contributed by atoms with E-state index in [9.17, 15) is 9.18 Å². The zero-order valence-corrected chi connectivity index (χ0v) is 16.0. The van der Waals surface area contributed by atoms with Crippen molar-refractivity contribution in [3.05, 3.63) is 83.9 Å². The number of hydrogen-bond acceptors (Lipinski definition) is 5. The summed E-state index contributed by atoms with van der Waals surface area (Å²) in [5.41, 5.74) is 2.43. The van der Waals surface area contributed by atoms with E-state index < -0.39 is 0 Å². The molecule has 1 saturated heterocycles. The van der Waals surface area contributed by atoms with Crippen molar-refractivity contribution in [3.8, 4) is 0 Å². The van der Waals surface area contributed by atoms with Gasteiger partial charge in [0.2, 0.25) is 5.95 Å². The highest BCUT2D eigenvalue weighted by atomic mass is 19.1. The molecule has 1 aliphatic heterocycles. The molecule has 2 heterocycles. The molecular formula is C22H22FN5O. The van der Waals surface area contributed by atoms with Gasteiger partial charge in [-0.1, -0.05) is 30.3 Å². The van der Waals surface area contributed by atoms with E-state index in [1.807, 2.05) is 23.1 Å². The number of carbonyl (C=O) groups is 1. The smallest absolute Gasteiger partial charge is 0.257 e. The minimum absolute atomic E-state index is 0.0577. The third-order valence-corrected chi connectivity index (χ3v) is 4.91. The van der Waals surface area contributed by atoms with Crippen molar-refractivity contribution in [1.29, 1.82) is 0 Å². The topological polar surface area (TPSA) is 61.4 Å². The van der Waals surface area contributed by atoms with Gasteiger partial charge >= 0.3 is 0 Å². The number of anilines is 2. The second-order valence-corrected chi connectivity index (χ2v) is 6.98. The molecule has 3 aromatic rings. The number of rotatable bonds is 5. The molecule has 1 amide bonds. The van der Waals surface area contributed by atoms with Gasteiger partial charge in [-0.2, -0.15) is 0 Å². The predicted molar refractivity (Wildman–Crippen MR) is 109 cm³/mol. The zero-order valence-electron chi connectivity index (χ0n) is 16.0. The molecule has 29 heavy (non-hydrogen) atoms. The summed E-state index contributed by atoms with van der Waals surface area (Å²) >= 11 is 0. The standard InChI is InChI=1S/C22H22FN5O/c23-19-6-8-20(9-7-19)26-22-24-14-18(15-25-22)21(29)28-12-10-27(11-13-28)16-17-4-2-1-3-5-17/h1-9,14-15H,10-13,16H2,(H,24,25,26). The fourth-order valence-corrected chi connectivity index (χ4v) is 3.30. The van der Waals surface area contributed by atoms with Crippen LogP contribution >= 0.6 is 0 Å². The van der Waals surface area contributed by atoms with Gasteiger partial charge in [-0.3, -0.25) is 9.69 Å². The molecule has 1 aliphatic rings. The van der Waals surface area contributed by atoms with E-state index >= 15 is 0 Å². The van der Waals surface area contributed by atoms with Gasteiger partial charge in [0.15, 0.2) is 0 Å². The first-order valence-electron chi connectivity index (χ1n) is 9.57. The third kappa shape index (κ3) is 4.94. The maximum Gasteiger partial charge on any atom is 0.257 e. The monoisotopic (exact) mass is 391 g/mol. The SMILES string of the molecule is O=C(c1cnc(Nc2ccc(F)cc2)nc1)N1CCN(Cc2ccccc2)CC1. The highest BCUT2D eigenvalue weighted by molar-refractivity contribution is 5.93. The average molecular weight is 391 g/mol. The second-order valence-electron chi connectivity index (χ2n) is 6.98. The van der Waals surface area contributed by atoms with E-state index in [0.29, 0.717) is 30.3 Å². The van der Waals surface area contributed by atoms with Crippen molar-refractivity contribution in [3.63, 3.8) is 0 Å². The summed E-state index contributed by atoms with van der Waals surface area (Å²) in [4.78, 5) is 25.3. The van der Waals surface area contributed by atoms with Crippen LogP contribution in [0, 0.1) is 5.82 Å². The second kappa shape index (κ2) is 8.79. The van der Waals surface area contributed by atoms with E-state index in [1.165, 1.54) is 30.1 Å². The Morgan fingerprint density at radius 1 is 0.931 bits per heavy atom. The van der Waals surface area contributed by atoms with Crippen LogP contribution in [-0.2, 0) is 6.54 Å². The van der Waals surface area contributed by atoms with Crippen molar-refractivity contribution >= 4 is 17.5 Å². The maximum atomic E-state index is 13.0. The molecule has 0 radical (unpaired) electrons. The third-order valence-electron chi connectivity index (χ3n) is 4.91. The number of aromatic nitrogens is 2. The molecule has 4 rings (SSSR count). The molecule has 1 fully saturated rings. The summed E-state index contributed by atoms with van der Waals surface area (Å²) in [5.74, 6) is -0.000175. The molecule has 2 aromatic carbocycles. The lowest BCUT2D eigenvalue weighted by molar-refractivity contribution is 0.0627. The largest absolute Gasteiger partial charge is 0.336 e. The summed E-state index contributed by atoms with van der Waals surface area (Å²) in [5, 5.41) is 2.99. The highest BCUT2D eigenvalue weighted by Crippen LogP contribution is 2.15. The van der Waals surface area contributed by atoms with E-state index in [0.717, 1.165) is 19.6 Å². The molecule has 0 spiro atoms.